The summed E-state index contributed by atoms with van der Waals surface area (Å²) in [6, 6.07) is 9.50. The van der Waals surface area contributed by atoms with Crippen LogP contribution in [0.2, 0.25) is 0 Å². The maximum atomic E-state index is 14.5. The largest absolute Gasteiger partial charge is 0.313 e. The second-order valence-electron chi connectivity index (χ2n) is 5.01. The number of carbonyl (C=O) groups excluding carboxylic acids is 1. The van der Waals surface area contributed by atoms with E-state index in [-0.39, 0.29) is 18.1 Å². The molecule has 1 aliphatic heterocycles. The van der Waals surface area contributed by atoms with Gasteiger partial charge in [0.15, 0.2) is 6.19 Å². The van der Waals surface area contributed by atoms with Crippen LogP contribution in [0.4, 0.5) is 9.52 Å². The van der Waals surface area contributed by atoms with E-state index in [1.807, 2.05) is 30.3 Å². The lowest BCUT2D eigenvalue weighted by molar-refractivity contribution is -0.128. The van der Waals surface area contributed by atoms with E-state index in [1.54, 1.807) is 12.4 Å². The molecule has 5 nitrogen and oxygen atoms in total. The lowest BCUT2D eigenvalue weighted by Gasteiger charge is -2.20. The lowest BCUT2D eigenvalue weighted by Crippen LogP contribution is -2.45. The normalized spacial score (nSPS) is 20.5. The number of anilines is 1. The fraction of sp³-hybridized carbons (Fsp3) is 0.267. The molecule has 1 aromatic carbocycles. The van der Waals surface area contributed by atoms with Gasteiger partial charge in [0, 0.05) is 19.2 Å². The molecule has 0 saturated carbocycles. The van der Waals surface area contributed by atoms with Crippen LogP contribution >= 0.6 is 11.3 Å². The van der Waals surface area contributed by atoms with Crippen LogP contribution in [0, 0.1) is 11.5 Å². The Morgan fingerprint density at radius 3 is 2.86 bits per heavy atom. The molecular weight excluding hydrogens is 303 g/mol. The quantitative estimate of drug-likeness (QED) is 0.697. The minimum absolute atomic E-state index is 0.0685. The highest BCUT2D eigenvalue weighted by atomic mass is 32.1. The van der Waals surface area contributed by atoms with Gasteiger partial charge in [-0.2, -0.15) is 10.2 Å². The van der Waals surface area contributed by atoms with Gasteiger partial charge in [-0.05, 0) is 12.1 Å². The molecule has 1 N–H and O–H groups in total. The number of thiazole rings is 1. The third-order valence-corrected chi connectivity index (χ3v) is 4.56. The molecule has 0 unspecified atom stereocenters. The van der Waals surface area contributed by atoms with Crippen LogP contribution < -0.4 is 10.2 Å². The van der Waals surface area contributed by atoms with Crippen molar-refractivity contribution >= 4 is 22.4 Å². The SMILES string of the molecule is N#CN(C(=O)[C@]1(F)CCNC1)c1ncc(-c2ccccc2)s1. The molecule has 0 aliphatic carbocycles. The summed E-state index contributed by atoms with van der Waals surface area (Å²) in [6.45, 7) is 0.357. The molecule has 1 amide bonds. The molecule has 2 aromatic rings. The van der Waals surface area contributed by atoms with Crippen molar-refractivity contribution in [2.75, 3.05) is 18.0 Å². The van der Waals surface area contributed by atoms with Crippen LogP contribution in [0.5, 0.6) is 0 Å². The molecule has 112 valence electrons. The standard InChI is InChI=1S/C15H13FN4OS/c16-15(6-7-18-9-15)13(21)20(10-17)14-19-8-12(22-14)11-4-2-1-3-5-11/h1-5,8,18H,6-7,9H2/t15-/m0/s1. The average Bonchev–Trinajstić information content (AvgIpc) is 3.19. The Morgan fingerprint density at radius 2 is 2.23 bits per heavy atom. The molecule has 0 radical (unpaired) electrons. The third-order valence-electron chi connectivity index (χ3n) is 3.53. The minimum atomic E-state index is -2.03. The van der Waals surface area contributed by atoms with Gasteiger partial charge in [0.25, 0.3) is 5.91 Å². The predicted molar refractivity (Wildman–Crippen MR) is 82.0 cm³/mol. The van der Waals surface area contributed by atoms with Crippen molar-refractivity contribution in [2.45, 2.75) is 12.1 Å². The number of nitriles is 1. The van der Waals surface area contributed by atoms with Crippen molar-refractivity contribution < 1.29 is 9.18 Å². The highest BCUT2D eigenvalue weighted by Gasteiger charge is 2.45. The summed E-state index contributed by atoms with van der Waals surface area (Å²) in [5, 5.41) is 12.2. The van der Waals surface area contributed by atoms with Crippen LogP contribution in [0.3, 0.4) is 0 Å². The Balaban J connectivity index is 1.88. The summed E-state index contributed by atoms with van der Waals surface area (Å²) in [7, 11) is 0. The topological polar surface area (TPSA) is 69.0 Å². The number of hydrogen-bond acceptors (Lipinski definition) is 5. The van der Waals surface area contributed by atoms with Crippen molar-refractivity contribution in [2.24, 2.45) is 0 Å². The zero-order valence-corrected chi connectivity index (χ0v) is 12.4. The number of carbonyl (C=O) groups is 1. The summed E-state index contributed by atoms with van der Waals surface area (Å²) < 4.78 is 14.5. The molecule has 1 saturated heterocycles. The molecule has 1 fully saturated rings. The van der Waals surface area contributed by atoms with E-state index < -0.39 is 11.6 Å². The molecule has 1 aromatic heterocycles. The second-order valence-corrected chi connectivity index (χ2v) is 6.01. The zero-order chi connectivity index (χ0) is 15.6. The molecule has 7 heteroatoms. The Labute approximate surface area is 131 Å². The number of nitrogens with one attached hydrogen (secondary N) is 1. The molecule has 0 spiro atoms. The molecule has 22 heavy (non-hydrogen) atoms. The van der Waals surface area contributed by atoms with Crippen LogP contribution in [0.1, 0.15) is 6.42 Å². The first-order valence-corrected chi connectivity index (χ1v) is 7.61. The van der Waals surface area contributed by atoms with Crippen molar-refractivity contribution in [3.63, 3.8) is 0 Å². The van der Waals surface area contributed by atoms with Crippen LogP contribution in [0.25, 0.3) is 10.4 Å². The van der Waals surface area contributed by atoms with Gasteiger partial charge in [0.1, 0.15) is 0 Å². The van der Waals surface area contributed by atoms with E-state index in [0.29, 0.717) is 6.54 Å². The van der Waals surface area contributed by atoms with Gasteiger partial charge < -0.3 is 5.32 Å². The third kappa shape index (κ3) is 2.58. The van der Waals surface area contributed by atoms with Crippen molar-refractivity contribution in [1.82, 2.24) is 10.3 Å². The molecular formula is C15H13FN4OS. The smallest absolute Gasteiger partial charge is 0.281 e. The summed E-state index contributed by atoms with van der Waals surface area (Å²) in [6.07, 6.45) is 3.41. The van der Waals surface area contributed by atoms with Crippen LogP contribution in [0.15, 0.2) is 36.5 Å². The number of nitrogens with zero attached hydrogens (tertiary/aromatic N) is 3. The Bertz CT molecular complexity index is 719. The maximum absolute atomic E-state index is 14.5. The number of amides is 1. The monoisotopic (exact) mass is 316 g/mol. The van der Waals surface area contributed by atoms with Crippen molar-refractivity contribution in [3.8, 4) is 16.6 Å². The fourth-order valence-electron chi connectivity index (χ4n) is 2.32. The van der Waals surface area contributed by atoms with E-state index in [2.05, 4.69) is 10.3 Å². The Morgan fingerprint density at radius 1 is 1.45 bits per heavy atom. The van der Waals surface area contributed by atoms with Gasteiger partial charge in [-0.1, -0.05) is 41.7 Å². The predicted octanol–water partition coefficient (Wildman–Crippen LogP) is 2.33. The first-order chi connectivity index (χ1) is 10.6. The van der Waals surface area contributed by atoms with Crippen LogP contribution in [-0.4, -0.2) is 29.6 Å². The number of aromatic nitrogens is 1. The number of alkyl halides is 1. The summed E-state index contributed by atoms with van der Waals surface area (Å²) in [5.74, 6) is -0.853. The van der Waals surface area contributed by atoms with E-state index in [4.69, 9.17) is 0 Å². The number of hydrogen-bond donors (Lipinski definition) is 1. The second kappa shape index (κ2) is 5.83. The average molecular weight is 316 g/mol. The van der Waals surface area contributed by atoms with E-state index >= 15 is 0 Å². The maximum Gasteiger partial charge on any atom is 0.281 e. The number of benzene rings is 1. The lowest BCUT2D eigenvalue weighted by atomic mass is 10.0. The zero-order valence-electron chi connectivity index (χ0n) is 11.6. The Kier molecular flexibility index (Phi) is 3.88. The summed E-state index contributed by atoms with van der Waals surface area (Å²) in [5.41, 5.74) is -1.09. The molecule has 3 rings (SSSR count). The van der Waals surface area contributed by atoms with Gasteiger partial charge >= 0.3 is 0 Å². The summed E-state index contributed by atoms with van der Waals surface area (Å²) in [4.78, 5) is 18.0. The van der Waals surface area contributed by atoms with Crippen molar-refractivity contribution in [3.05, 3.63) is 36.5 Å². The first-order valence-electron chi connectivity index (χ1n) is 6.79. The fourth-order valence-corrected chi connectivity index (χ4v) is 3.20. The Hall–Kier alpha value is -2.30. The molecule has 2 heterocycles. The molecule has 1 atom stereocenters. The van der Waals surface area contributed by atoms with E-state index in [0.717, 1.165) is 15.3 Å². The highest BCUT2D eigenvalue weighted by molar-refractivity contribution is 7.19. The number of halogens is 1. The van der Waals surface area contributed by atoms with Gasteiger partial charge in [-0.25, -0.2) is 9.37 Å². The van der Waals surface area contributed by atoms with Gasteiger partial charge in [-0.15, -0.1) is 0 Å². The molecule has 0 bridgehead atoms. The van der Waals surface area contributed by atoms with Gasteiger partial charge in [0.2, 0.25) is 10.8 Å². The summed E-state index contributed by atoms with van der Waals surface area (Å²) >= 11 is 1.19. The van der Waals surface area contributed by atoms with Gasteiger partial charge in [-0.3, -0.25) is 4.79 Å². The van der Waals surface area contributed by atoms with E-state index in [1.165, 1.54) is 11.3 Å². The van der Waals surface area contributed by atoms with E-state index in [9.17, 15) is 14.4 Å². The van der Waals surface area contributed by atoms with Gasteiger partial charge in [0.05, 0.1) is 4.88 Å². The minimum Gasteiger partial charge on any atom is -0.313 e. The first kappa shape index (κ1) is 14.6. The number of rotatable bonds is 3. The molecule has 1 aliphatic rings. The van der Waals surface area contributed by atoms with Crippen LogP contribution in [-0.2, 0) is 4.79 Å². The van der Waals surface area contributed by atoms with Crippen molar-refractivity contribution in [1.29, 1.82) is 5.26 Å². The highest BCUT2D eigenvalue weighted by Crippen LogP contribution is 2.33.